The van der Waals surface area contributed by atoms with Crippen LogP contribution in [-0.2, 0) is 6.54 Å². The van der Waals surface area contributed by atoms with Crippen LogP contribution in [0.4, 0.5) is 4.39 Å². The fraction of sp³-hybridized carbons (Fsp3) is 0.250. The Bertz CT molecular complexity index is 627. The molecule has 5 N–H and O–H groups in total. The van der Waals surface area contributed by atoms with Crippen LogP contribution in [0.1, 0.15) is 19.4 Å². The first-order valence-corrected chi connectivity index (χ1v) is 6.83. The number of allylic oxidation sites excluding steroid dienone is 3. The molecular formula is C16H22FN5. The van der Waals surface area contributed by atoms with Gasteiger partial charge in [0.2, 0.25) is 0 Å². The molecule has 0 radical (unpaired) electrons. The van der Waals surface area contributed by atoms with E-state index in [4.69, 9.17) is 16.9 Å². The van der Waals surface area contributed by atoms with Crippen LogP contribution >= 0.6 is 0 Å². The Morgan fingerprint density at radius 2 is 2.00 bits per heavy atom. The second-order valence-corrected chi connectivity index (χ2v) is 4.87. The van der Waals surface area contributed by atoms with Crippen LogP contribution in [0.2, 0.25) is 0 Å². The van der Waals surface area contributed by atoms with E-state index in [0.717, 1.165) is 0 Å². The van der Waals surface area contributed by atoms with Crippen LogP contribution in [0.3, 0.4) is 0 Å². The van der Waals surface area contributed by atoms with E-state index in [1.807, 2.05) is 6.92 Å². The summed E-state index contributed by atoms with van der Waals surface area (Å²) < 4.78 is 13.7. The number of nitrogens with two attached hydrogens (primary N) is 2. The molecule has 0 aliphatic heterocycles. The lowest BCUT2D eigenvalue weighted by molar-refractivity contribution is 0.341. The van der Waals surface area contributed by atoms with Crippen LogP contribution in [0, 0.1) is 11.2 Å². The molecule has 1 rings (SSSR count). The largest absolute Gasteiger partial charge is 0.402 e. The summed E-state index contributed by atoms with van der Waals surface area (Å²) in [6.45, 7) is 3.81. The Morgan fingerprint density at radius 1 is 1.36 bits per heavy atom. The number of hydrazone groups is 1. The van der Waals surface area contributed by atoms with Crippen molar-refractivity contribution in [2.75, 3.05) is 7.05 Å². The maximum absolute atomic E-state index is 13.7. The van der Waals surface area contributed by atoms with Gasteiger partial charge in [-0.1, -0.05) is 30.4 Å². The van der Waals surface area contributed by atoms with Crippen LogP contribution in [0.25, 0.3) is 0 Å². The maximum atomic E-state index is 13.7. The second kappa shape index (κ2) is 7.97. The summed E-state index contributed by atoms with van der Waals surface area (Å²) in [6.07, 6.45) is 3.54. The average molecular weight is 303 g/mol. The van der Waals surface area contributed by atoms with Crippen LogP contribution in [0.5, 0.6) is 0 Å². The van der Waals surface area contributed by atoms with E-state index in [-0.39, 0.29) is 23.9 Å². The lowest BCUT2D eigenvalue weighted by Gasteiger charge is -2.17. The van der Waals surface area contributed by atoms with Crippen LogP contribution in [0.15, 0.2) is 52.8 Å². The lowest BCUT2D eigenvalue weighted by Crippen LogP contribution is -2.28. The van der Waals surface area contributed by atoms with Gasteiger partial charge >= 0.3 is 0 Å². The zero-order valence-corrected chi connectivity index (χ0v) is 13.1. The number of hydrogen-bond acceptors (Lipinski definition) is 4. The van der Waals surface area contributed by atoms with E-state index in [2.05, 4.69) is 5.10 Å². The lowest BCUT2D eigenvalue weighted by atomic mass is 10.1. The predicted octanol–water partition coefficient (Wildman–Crippen LogP) is 2.36. The summed E-state index contributed by atoms with van der Waals surface area (Å²) in [7, 11) is 1.69. The third-order valence-corrected chi connectivity index (χ3v) is 2.90. The highest BCUT2D eigenvalue weighted by atomic mass is 19.1. The molecule has 0 aliphatic carbocycles. The Hall–Kier alpha value is -2.63. The quantitative estimate of drug-likeness (QED) is 0.326. The summed E-state index contributed by atoms with van der Waals surface area (Å²) in [5.41, 5.74) is 13.3. The third kappa shape index (κ3) is 4.73. The summed E-state index contributed by atoms with van der Waals surface area (Å²) in [4.78, 5) is 0. The van der Waals surface area contributed by atoms with Gasteiger partial charge in [-0.15, -0.1) is 0 Å². The summed E-state index contributed by atoms with van der Waals surface area (Å²) in [5.74, 6) is -0.494. The van der Waals surface area contributed by atoms with E-state index in [1.54, 1.807) is 44.3 Å². The van der Waals surface area contributed by atoms with Crippen molar-refractivity contribution in [2.45, 2.75) is 20.4 Å². The Labute approximate surface area is 130 Å². The molecule has 0 spiro atoms. The standard InChI is InChI=1S/C16H22FN5/c1-4-7-13(11(2)18)15(16(19)20)21-22(3)10-12-8-5-6-9-14(12)17/h4-9H,10,18H2,1-3H3,(H3,19,20)/b7-4-,13-11+,21-15+. The van der Waals surface area contributed by atoms with Gasteiger partial charge in [-0.25, -0.2) is 4.39 Å². The zero-order valence-electron chi connectivity index (χ0n) is 13.1. The topological polar surface area (TPSA) is 91.5 Å². The van der Waals surface area contributed by atoms with Crippen molar-refractivity contribution in [3.05, 3.63) is 59.1 Å². The minimum absolute atomic E-state index is 0.196. The molecule has 118 valence electrons. The van der Waals surface area contributed by atoms with E-state index in [9.17, 15) is 4.39 Å². The number of hydrogen-bond donors (Lipinski definition) is 3. The molecular weight excluding hydrogens is 281 g/mol. The molecule has 6 heteroatoms. The van der Waals surface area contributed by atoms with Crippen molar-refractivity contribution >= 4 is 11.5 Å². The van der Waals surface area contributed by atoms with Gasteiger partial charge in [0, 0.05) is 23.9 Å². The normalized spacial score (nSPS) is 13.2. The van der Waals surface area contributed by atoms with Gasteiger partial charge in [0.25, 0.3) is 0 Å². The molecule has 0 heterocycles. The average Bonchev–Trinajstić information content (AvgIpc) is 2.44. The van der Waals surface area contributed by atoms with Crippen molar-refractivity contribution in [3.63, 3.8) is 0 Å². The smallest absolute Gasteiger partial charge is 0.144 e. The molecule has 0 amide bonds. The highest BCUT2D eigenvalue weighted by molar-refractivity contribution is 6.46. The van der Waals surface area contributed by atoms with Crippen LogP contribution < -0.4 is 11.5 Å². The van der Waals surface area contributed by atoms with Gasteiger partial charge in [-0.05, 0) is 19.9 Å². The van der Waals surface area contributed by atoms with Crippen LogP contribution in [-0.4, -0.2) is 23.6 Å². The van der Waals surface area contributed by atoms with Gasteiger partial charge in [-0.3, -0.25) is 10.4 Å². The van der Waals surface area contributed by atoms with E-state index >= 15 is 0 Å². The Morgan fingerprint density at radius 3 is 2.50 bits per heavy atom. The van der Waals surface area contributed by atoms with Crippen molar-refractivity contribution < 1.29 is 4.39 Å². The molecule has 0 saturated carbocycles. The van der Waals surface area contributed by atoms with Gasteiger partial charge in [0.1, 0.15) is 17.4 Å². The molecule has 0 fully saturated rings. The minimum Gasteiger partial charge on any atom is -0.402 e. The van der Waals surface area contributed by atoms with E-state index < -0.39 is 0 Å². The summed E-state index contributed by atoms with van der Waals surface area (Å²) >= 11 is 0. The second-order valence-electron chi connectivity index (χ2n) is 4.87. The molecule has 1 aromatic rings. The van der Waals surface area contributed by atoms with Crippen molar-refractivity contribution in [1.29, 1.82) is 5.41 Å². The highest BCUT2D eigenvalue weighted by Gasteiger charge is 2.12. The number of halogens is 1. The first kappa shape index (κ1) is 17.4. The number of nitrogens with zero attached hydrogens (tertiary/aromatic N) is 2. The van der Waals surface area contributed by atoms with Gasteiger partial charge < -0.3 is 11.5 Å². The first-order chi connectivity index (χ1) is 10.4. The van der Waals surface area contributed by atoms with Gasteiger partial charge in [-0.2, -0.15) is 5.10 Å². The first-order valence-electron chi connectivity index (χ1n) is 6.83. The molecule has 0 saturated heterocycles. The molecule has 0 bridgehead atoms. The van der Waals surface area contributed by atoms with Crippen molar-refractivity contribution in [2.24, 2.45) is 16.6 Å². The van der Waals surface area contributed by atoms with Crippen molar-refractivity contribution in [3.8, 4) is 0 Å². The zero-order chi connectivity index (χ0) is 16.7. The SMILES string of the molecule is C\C=C/C(C(=N\N(C)Cc1ccccc1F)/C(=N)N)=C(/C)N. The molecule has 0 aromatic heterocycles. The molecule has 0 atom stereocenters. The Balaban J connectivity index is 3.11. The monoisotopic (exact) mass is 303 g/mol. The number of nitrogens with one attached hydrogen (secondary N) is 1. The fourth-order valence-electron chi connectivity index (χ4n) is 1.90. The molecule has 1 aromatic carbocycles. The summed E-state index contributed by atoms with van der Waals surface area (Å²) in [5, 5.41) is 13.5. The fourth-order valence-corrected chi connectivity index (χ4v) is 1.90. The molecule has 22 heavy (non-hydrogen) atoms. The molecule has 5 nitrogen and oxygen atoms in total. The number of amidine groups is 1. The maximum Gasteiger partial charge on any atom is 0.144 e. The molecule has 0 aliphatic rings. The number of benzene rings is 1. The minimum atomic E-state index is -0.298. The molecule has 0 unspecified atom stereocenters. The van der Waals surface area contributed by atoms with Gasteiger partial charge in [0.05, 0.1) is 6.54 Å². The number of rotatable bonds is 6. The summed E-state index contributed by atoms with van der Waals surface area (Å²) in [6, 6.07) is 6.48. The Kier molecular flexibility index (Phi) is 6.31. The van der Waals surface area contributed by atoms with E-state index in [0.29, 0.717) is 16.8 Å². The van der Waals surface area contributed by atoms with E-state index in [1.165, 1.54) is 11.1 Å². The predicted molar refractivity (Wildman–Crippen MR) is 88.9 cm³/mol. The van der Waals surface area contributed by atoms with Gasteiger partial charge in [0.15, 0.2) is 0 Å². The van der Waals surface area contributed by atoms with Crippen molar-refractivity contribution in [1.82, 2.24) is 5.01 Å². The highest BCUT2D eigenvalue weighted by Crippen LogP contribution is 2.11. The third-order valence-electron chi connectivity index (χ3n) is 2.90.